The van der Waals surface area contributed by atoms with Crippen molar-refractivity contribution in [2.24, 2.45) is 17.6 Å². The number of nitrogens with one attached hydrogen (secondary N) is 3. The number of carbonyl (C=O) groups excluding carboxylic acids is 3. The Balaban J connectivity index is 1.66. The van der Waals surface area contributed by atoms with Gasteiger partial charge in [0.1, 0.15) is 16.1 Å². The van der Waals surface area contributed by atoms with E-state index in [0.717, 1.165) is 0 Å². The van der Waals surface area contributed by atoms with Crippen LogP contribution in [0.5, 0.6) is 0 Å². The first-order valence-electron chi connectivity index (χ1n) is 10.3. The van der Waals surface area contributed by atoms with Crippen LogP contribution >= 0.6 is 23.2 Å². The summed E-state index contributed by atoms with van der Waals surface area (Å²) in [4.78, 5) is 38.7. The van der Waals surface area contributed by atoms with Gasteiger partial charge >= 0.3 is 0 Å². The van der Waals surface area contributed by atoms with Crippen molar-refractivity contribution in [1.29, 1.82) is 5.41 Å². The van der Waals surface area contributed by atoms with Crippen LogP contribution in [-0.4, -0.2) is 69.6 Å². The molecule has 3 rings (SSSR count). The number of primary amides is 1. The summed E-state index contributed by atoms with van der Waals surface area (Å²) in [6.07, 6.45) is 0.940. The molecule has 0 spiro atoms. The Bertz CT molecular complexity index is 925. The highest BCUT2D eigenvalue weighted by molar-refractivity contribution is 6.51. The third-order valence-corrected chi connectivity index (χ3v) is 6.86. The van der Waals surface area contributed by atoms with Crippen LogP contribution in [0.15, 0.2) is 24.3 Å². The zero-order valence-corrected chi connectivity index (χ0v) is 19.1. The van der Waals surface area contributed by atoms with E-state index < -0.39 is 16.3 Å². The van der Waals surface area contributed by atoms with Gasteiger partial charge < -0.3 is 26.4 Å². The molecule has 1 saturated heterocycles. The van der Waals surface area contributed by atoms with Gasteiger partial charge in [0.05, 0.1) is 6.54 Å². The van der Waals surface area contributed by atoms with Crippen LogP contribution in [0.25, 0.3) is 0 Å². The molecule has 1 aliphatic carbocycles. The lowest BCUT2D eigenvalue weighted by atomic mass is 10.1. The molecule has 0 radical (unpaired) electrons. The molecular weight excluding hydrogens is 457 g/mol. The van der Waals surface area contributed by atoms with E-state index in [1.165, 1.54) is 4.90 Å². The van der Waals surface area contributed by atoms with Gasteiger partial charge in [-0.15, -0.1) is 23.2 Å². The Morgan fingerprint density at radius 2 is 2.00 bits per heavy atom. The minimum absolute atomic E-state index is 0.0484. The van der Waals surface area contributed by atoms with Gasteiger partial charge in [-0.25, -0.2) is 0 Å². The van der Waals surface area contributed by atoms with Crippen LogP contribution in [-0.2, 0) is 14.4 Å². The average molecular weight is 484 g/mol. The number of alkyl halides is 2. The maximum atomic E-state index is 13.0. The molecule has 1 saturated carbocycles. The Kier molecular flexibility index (Phi) is 7.32. The lowest BCUT2D eigenvalue weighted by Gasteiger charge is -2.26. The zero-order chi connectivity index (χ0) is 23.6. The maximum Gasteiger partial charge on any atom is 0.267 e. The zero-order valence-electron chi connectivity index (χ0n) is 17.6. The van der Waals surface area contributed by atoms with E-state index in [1.807, 2.05) is 6.92 Å². The number of halogens is 2. The summed E-state index contributed by atoms with van der Waals surface area (Å²) in [6, 6.07) is 5.58. The van der Waals surface area contributed by atoms with Crippen LogP contribution in [0.3, 0.4) is 0 Å². The number of aliphatic hydroxyl groups is 1. The number of hydrogen-bond donors (Lipinski definition) is 5. The number of para-hydroxylation sites is 1. The van der Waals surface area contributed by atoms with Gasteiger partial charge in [0, 0.05) is 42.3 Å². The van der Waals surface area contributed by atoms with Crippen LogP contribution in [0.2, 0.25) is 0 Å². The quantitative estimate of drug-likeness (QED) is 0.260. The van der Waals surface area contributed by atoms with Crippen molar-refractivity contribution < 1.29 is 19.5 Å². The first kappa shape index (κ1) is 24.3. The van der Waals surface area contributed by atoms with E-state index in [9.17, 15) is 19.5 Å². The van der Waals surface area contributed by atoms with E-state index in [0.29, 0.717) is 18.5 Å². The van der Waals surface area contributed by atoms with Crippen molar-refractivity contribution in [3.63, 3.8) is 0 Å². The van der Waals surface area contributed by atoms with Gasteiger partial charge in [-0.2, -0.15) is 0 Å². The molecule has 1 aromatic rings. The van der Waals surface area contributed by atoms with Gasteiger partial charge in [-0.05, 0) is 25.8 Å². The van der Waals surface area contributed by atoms with E-state index in [2.05, 4.69) is 10.6 Å². The number of nitrogens with two attached hydrogens (primary N) is 1. The van der Waals surface area contributed by atoms with E-state index >= 15 is 0 Å². The molecule has 9 nitrogen and oxygen atoms in total. The molecule has 11 heteroatoms. The van der Waals surface area contributed by atoms with Crippen molar-refractivity contribution in [3.8, 4) is 0 Å². The SMILES string of the molecule is CC(NC(=O)C1CC(CO)CN1C(=O)CNc1ccccc1C(=N)C(N)=O)C1CC1(Cl)Cl. The number of benzene rings is 1. The predicted octanol–water partition coefficient (Wildman–Crippen LogP) is 0.860. The smallest absolute Gasteiger partial charge is 0.267 e. The second-order valence-electron chi connectivity index (χ2n) is 8.35. The maximum absolute atomic E-state index is 13.0. The van der Waals surface area contributed by atoms with Crippen molar-refractivity contribution in [1.82, 2.24) is 10.2 Å². The Morgan fingerprint density at radius 3 is 2.59 bits per heavy atom. The molecule has 2 fully saturated rings. The normalized spacial score (nSPS) is 24.5. The van der Waals surface area contributed by atoms with Crippen molar-refractivity contribution in [2.45, 2.75) is 36.2 Å². The van der Waals surface area contributed by atoms with Crippen LogP contribution in [0.4, 0.5) is 5.69 Å². The van der Waals surface area contributed by atoms with E-state index in [-0.39, 0.29) is 60.7 Å². The third-order valence-electron chi connectivity index (χ3n) is 5.99. The Morgan fingerprint density at radius 1 is 1.34 bits per heavy atom. The summed E-state index contributed by atoms with van der Waals surface area (Å²) >= 11 is 12.2. The fraction of sp³-hybridized carbons (Fsp3) is 0.524. The van der Waals surface area contributed by atoms with Gasteiger partial charge in [0.2, 0.25) is 11.8 Å². The fourth-order valence-electron chi connectivity index (χ4n) is 4.04. The first-order valence-corrected chi connectivity index (χ1v) is 11.1. The number of anilines is 1. The van der Waals surface area contributed by atoms with Crippen molar-refractivity contribution >= 4 is 52.3 Å². The molecular formula is C21H27Cl2N5O4. The summed E-state index contributed by atoms with van der Waals surface area (Å²) in [5.41, 5.74) is 5.52. The molecule has 0 bridgehead atoms. The number of amides is 3. The molecule has 174 valence electrons. The third kappa shape index (κ3) is 5.33. The Hall–Kier alpha value is -2.36. The number of nitrogens with zero attached hydrogens (tertiary/aromatic N) is 1. The minimum Gasteiger partial charge on any atom is -0.396 e. The number of hydrogen-bond acceptors (Lipinski definition) is 6. The first-order chi connectivity index (χ1) is 15.0. The summed E-state index contributed by atoms with van der Waals surface area (Å²) in [6.45, 7) is 1.78. The second kappa shape index (κ2) is 9.64. The molecule has 1 aliphatic heterocycles. The van der Waals surface area contributed by atoms with E-state index in [1.54, 1.807) is 24.3 Å². The molecule has 0 aromatic heterocycles. The number of carbonyl (C=O) groups is 3. The fourth-order valence-corrected chi connectivity index (χ4v) is 4.75. The largest absolute Gasteiger partial charge is 0.396 e. The van der Waals surface area contributed by atoms with Crippen LogP contribution in [0.1, 0.15) is 25.3 Å². The molecule has 4 atom stereocenters. The highest BCUT2D eigenvalue weighted by Crippen LogP contribution is 2.54. The summed E-state index contributed by atoms with van der Waals surface area (Å²) in [5.74, 6) is -1.79. The lowest BCUT2D eigenvalue weighted by molar-refractivity contribution is -0.137. The molecule has 6 N–H and O–H groups in total. The summed E-state index contributed by atoms with van der Waals surface area (Å²) in [5, 5.41) is 23.2. The van der Waals surface area contributed by atoms with Gasteiger partial charge in [0.15, 0.2) is 0 Å². The predicted molar refractivity (Wildman–Crippen MR) is 122 cm³/mol. The molecule has 1 heterocycles. The number of rotatable bonds is 9. The second-order valence-corrected chi connectivity index (χ2v) is 9.90. The summed E-state index contributed by atoms with van der Waals surface area (Å²) < 4.78 is -0.832. The summed E-state index contributed by atoms with van der Waals surface area (Å²) in [7, 11) is 0. The van der Waals surface area contributed by atoms with E-state index in [4.69, 9.17) is 34.3 Å². The molecule has 32 heavy (non-hydrogen) atoms. The Labute approximate surface area is 196 Å². The number of aliphatic hydroxyl groups excluding tert-OH is 1. The minimum atomic E-state index is -0.879. The van der Waals surface area contributed by atoms with Crippen molar-refractivity contribution in [3.05, 3.63) is 29.8 Å². The molecule has 4 unspecified atom stereocenters. The van der Waals surface area contributed by atoms with Crippen LogP contribution in [0, 0.1) is 17.2 Å². The molecule has 2 aliphatic rings. The van der Waals surface area contributed by atoms with Crippen molar-refractivity contribution in [2.75, 3.05) is 25.0 Å². The highest BCUT2D eigenvalue weighted by atomic mass is 35.5. The monoisotopic (exact) mass is 483 g/mol. The molecule has 1 aromatic carbocycles. The van der Waals surface area contributed by atoms with Gasteiger partial charge in [-0.1, -0.05) is 18.2 Å². The van der Waals surface area contributed by atoms with Gasteiger partial charge in [-0.3, -0.25) is 19.8 Å². The molecule has 3 amide bonds. The van der Waals surface area contributed by atoms with Crippen LogP contribution < -0.4 is 16.4 Å². The lowest BCUT2D eigenvalue weighted by Crippen LogP contribution is -2.50. The topological polar surface area (TPSA) is 149 Å². The highest BCUT2D eigenvalue weighted by Gasteiger charge is 2.55. The standard InChI is InChI=1S/C21H27Cl2N5O4/c1-11(14-7-21(14,22)23)27-20(32)16-6-12(10-29)9-28(16)17(30)8-26-15-5-3-2-4-13(15)18(24)19(25)31/h2-5,11-12,14,16,24,26,29H,6-10H2,1H3,(H2,25,31)(H,27,32). The number of likely N-dealkylation sites (tertiary alicyclic amines) is 1. The van der Waals surface area contributed by atoms with Gasteiger partial charge in [0.25, 0.3) is 5.91 Å². The average Bonchev–Trinajstić information content (AvgIpc) is 3.20.